The van der Waals surface area contributed by atoms with Crippen LogP contribution < -0.4 is 10.1 Å². The molecule has 6 nitrogen and oxygen atoms in total. The van der Waals surface area contributed by atoms with Crippen molar-refractivity contribution in [2.24, 2.45) is 0 Å². The first-order valence-electron chi connectivity index (χ1n) is 8.49. The van der Waals surface area contributed by atoms with E-state index in [0.29, 0.717) is 18.6 Å². The molecule has 0 aliphatic carbocycles. The third-order valence-corrected chi connectivity index (χ3v) is 4.62. The monoisotopic (exact) mass is 334 g/mol. The number of nitrogens with zero attached hydrogens (tertiary/aromatic N) is 1. The van der Waals surface area contributed by atoms with Crippen molar-refractivity contribution in [3.63, 3.8) is 0 Å². The second-order valence-electron chi connectivity index (χ2n) is 6.10. The van der Waals surface area contributed by atoms with Crippen molar-refractivity contribution < 1.29 is 19.4 Å². The van der Waals surface area contributed by atoms with Gasteiger partial charge in [0.2, 0.25) is 0 Å². The standard InChI is InChI=1S/C18H26N2O4/c1-4-13-7-9-15(10-8-13)24-12-14(21)11-20-16(22)18(5-2,6-3)19-17(20)23/h7-10,14,21H,4-6,11-12H2,1-3H3,(H,19,23). The lowest BCUT2D eigenvalue weighted by molar-refractivity contribution is -0.132. The molecule has 0 radical (unpaired) electrons. The largest absolute Gasteiger partial charge is 0.491 e. The molecule has 0 aromatic heterocycles. The minimum absolute atomic E-state index is 0.0216. The van der Waals surface area contributed by atoms with Crippen LogP contribution in [0.5, 0.6) is 5.75 Å². The molecule has 3 amide bonds. The van der Waals surface area contributed by atoms with Crippen molar-refractivity contribution >= 4 is 11.9 Å². The van der Waals surface area contributed by atoms with Crippen LogP contribution in [0, 0.1) is 0 Å². The zero-order valence-electron chi connectivity index (χ0n) is 14.5. The highest BCUT2D eigenvalue weighted by molar-refractivity contribution is 6.07. The van der Waals surface area contributed by atoms with E-state index in [1.807, 2.05) is 38.1 Å². The lowest BCUT2D eigenvalue weighted by atomic mass is 9.93. The normalized spacial score (nSPS) is 17.8. The first-order valence-corrected chi connectivity index (χ1v) is 8.49. The number of aliphatic hydroxyl groups is 1. The van der Waals surface area contributed by atoms with E-state index in [1.54, 1.807) is 0 Å². The number of aliphatic hydroxyl groups excluding tert-OH is 1. The topological polar surface area (TPSA) is 78.9 Å². The predicted octanol–water partition coefficient (Wildman–Crippen LogP) is 2.10. The Bertz CT molecular complexity index is 581. The maximum atomic E-state index is 12.5. The molecule has 1 aliphatic heterocycles. The van der Waals surface area contributed by atoms with Gasteiger partial charge in [-0.1, -0.05) is 32.9 Å². The average Bonchev–Trinajstić information content (AvgIpc) is 2.85. The van der Waals surface area contributed by atoms with E-state index >= 15 is 0 Å². The van der Waals surface area contributed by atoms with Crippen molar-refractivity contribution in [2.75, 3.05) is 13.2 Å². The fourth-order valence-corrected chi connectivity index (χ4v) is 2.85. The van der Waals surface area contributed by atoms with E-state index in [4.69, 9.17) is 4.74 Å². The zero-order chi connectivity index (χ0) is 17.7. The number of aryl methyl sites for hydroxylation is 1. The number of carbonyl (C=O) groups is 2. The van der Waals surface area contributed by atoms with Gasteiger partial charge in [0, 0.05) is 0 Å². The van der Waals surface area contributed by atoms with Gasteiger partial charge in [0.25, 0.3) is 5.91 Å². The molecule has 1 heterocycles. The minimum Gasteiger partial charge on any atom is -0.491 e. The summed E-state index contributed by atoms with van der Waals surface area (Å²) in [5.41, 5.74) is 0.367. The van der Waals surface area contributed by atoms with Gasteiger partial charge < -0.3 is 15.2 Å². The van der Waals surface area contributed by atoms with Crippen LogP contribution in [0.4, 0.5) is 4.79 Å². The fourth-order valence-electron chi connectivity index (χ4n) is 2.85. The number of imide groups is 1. The quantitative estimate of drug-likeness (QED) is 0.714. The van der Waals surface area contributed by atoms with Crippen LogP contribution in [0.25, 0.3) is 0 Å². The molecule has 0 bridgehead atoms. The van der Waals surface area contributed by atoms with Gasteiger partial charge in [-0.3, -0.25) is 9.69 Å². The number of β-amino-alcohol motifs (C(OH)–C–C–N with tert-alkyl or cyclic N) is 1. The number of ether oxygens (including phenoxy) is 1. The van der Waals surface area contributed by atoms with E-state index in [0.717, 1.165) is 11.3 Å². The molecular weight excluding hydrogens is 308 g/mol. The van der Waals surface area contributed by atoms with Crippen molar-refractivity contribution in [2.45, 2.75) is 51.7 Å². The van der Waals surface area contributed by atoms with E-state index in [2.05, 4.69) is 12.2 Å². The molecule has 1 aromatic carbocycles. The smallest absolute Gasteiger partial charge is 0.325 e. The molecule has 1 unspecified atom stereocenters. The third kappa shape index (κ3) is 3.70. The van der Waals surface area contributed by atoms with Crippen molar-refractivity contribution in [1.29, 1.82) is 0 Å². The van der Waals surface area contributed by atoms with Gasteiger partial charge in [-0.25, -0.2) is 4.79 Å². The van der Waals surface area contributed by atoms with Crippen LogP contribution >= 0.6 is 0 Å². The summed E-state index contributed by atoms with van der Waals surface area (Å²) in [6.07, 6.45) is 1.07. The number of carbonyl (C=O) groups excluding carboxylic acids is 2. The Morgan fingerprint density at radius 2 is 1.79 bits per heavy atom. The summed E-state index contributed by atoms with van der Waals surface area (Å²) in [7, 11) is 0. The molecule has 24 heavy (non-hydrogen) atoms. The molecule has 0 saturated carbocycles. The second kappa shape index (κ2) is 7.66. The first-order chi connectivity index (χ1) is 11.5. The van der Waals surface area contributed by atoms with E-state index < -0.39 is 17.7 Å². The Morgan fingerprint density at radius 1 is 1.17 bits per heavy atom. The van der Waals surface area contributed by atoms with Gasteiger partial charge in [-0.15, -0.1) is 0 Å². The summed E-state index contributed by atoms with van der Waals surface area (Å²) in [6, 6.07) is 7.18. The molecule has 0 spiro atoms. The summed E-state index contributed by atoms with van der Waals surface area (Å²) in [4.78, 5) is 25.6. The van der Waals surface area contributed by atoms with Crippen LogP contribution in [0.15, 0.2) is 24.3 Å². The molecule has 1 saturated heterocycles. The number of hydrogen-bond donors (Lipinski definition) is 2. The maximum Gasteiger partial charge on any atom is 0.325 e. The number of benzene rings is 1. The first kappa shape index (κ1) is 18.3. The zero-order valence-corrected chi connectivity index (χ0v) is 14.5. The van der Waals surface area contributed by atoms with Crippen LogP contribution in [-0.2, 0) is 11.2 Å². The lowest BCUT2D eigenvalue weighted by Crippen LogP contribution is -2.46. The molecule has 1 aromatic rings. The SMILES string of the molecule is CCc1ccc(OCC(O)CN2C(=O)NC(CC)(CC)C2=O)cc1. The van der Waals surface area contributed by atoms with Crippen molar-refractivity contribution in [1.82, 2.24) is 10.2 Å². The molecule has 1 atom stereocenters. The maximum absolute atomic E-state index is 12.5. The van der Waals surface area contributed by atoms with Crippen LogP contribution in [-0.4, -0.2) is 46.7 Å². The number of hydrogen-bond acceptors (Lipinski definition) is 4. The number of nitrogens with one attached hydrogen (secondary N) is 1. The molecular formula is C18H26N2O4. The Labute approximate surface area is 142 Å². The summed E-state index contributed by atoms with van der Waals surface area (Å²) in [5, 5.41) is 12.9. The van der Waals surface area contributed by atoms with Gasteiger partial charge >= 0.3 is 6.03 Å². The highest BCUT2D eigenvalue weighted by Gasteiger charge is 2.48. The van der Waals surface area contributed by atoms with Crippen LogP contribution in [0.3, 0.4) is 0 Å². The second-order valence-corrected chi connectivity index (χ2v) is 6.10. The summed E-state index contributed by atoms with van der Waals surface area (Å²) in [6.45, 7) is 5.76. The molecule has 1 fully saturated rings. The molecule has 132 valence electrons. The van der Waals surface area contributed by atoms with Gasteiger partial charge in [0.15, 0.2) is 0 Å². The number of rotatable bonds is 8. The molecule has 2 N–H and O–H groups in total. The summed E-state index contributed by atoms with van der Waals surface area (Å²) < 4.78 is 5.53. The minimum atomic E-state index is -0.935. The van der Waals surface area contributed by atoms with Crippen molar-refractivity contribution in [3.05, 3.63) is 29.8 Å². The van der Waals surface area contributed by atoms with Crippen LogP contribution in [0.2, 0.25) is 0 Å². The Hall–Kier alpha value is -2.08. The van der Waals surface area contributed by atoms with Crippen LogP contribution in [0.1, 0.15) is 39.2 Å². The number of urea groups is 1. The van der Waals surface area contributed by atoms with E-state index in [-0.39, 0.29) is 19.1 Å². The number of amides is 3. The highest BCUT2D eigenvalue weighted by Crippen LogP contribution is 2.25. The van der Waals surface area contributed by atoms with Crippen molar-refractivity contribution in [3.8, 4) is 5.75 Å². The van der Waals surface area contributed by atoms with Gasteiger partial charge in [-0.2, -0.15) is 0 Å². The Balaban J connectivity index is 1.90. The van der Waals surface area contributed by atoms with Gasteiger partial charge in [-0.05, 0) is 37.0 Å². The van der Waals surface area contributed by atoms with Gasteiger partial charge in [0.05, 0.1) is 6.54 Å². The highest BCUT2D eigenvalue weighted by atomic mass is 16.5. The Kier molecular flexibility index (Phi) is 5.83. The van der Waals surface area contributed by atoms with E-state index in [9.17, 15) is 14.7 Å². The third-order valence-electron chi connectivity index (χ3n) is 4.62. The molecule has 6 heteroatoms. The lowest BCUT2D eigenvalue weighted by Gasteiger charge is -2.24. The van der Waals surface area contributed by atoms with E-state index in [1.165, 1.54) is 5.56 Å². The van der Waals surface area contributed by atoms with Gasteiger partial charge in [0.1, 0.15) is 24.0 Å². The summed E-state index contributed by atoms with van der Waals surface area (Å²) in [5.74, 6) is 0.378. The molecule has 2 rings (SSSR count). The predicted molar refractivity (Wildman–Crippen MR) is 90.9 cm³/mol. The fraction of sp³-hybridized carbons (Fsp3) is 0.556. The average molecular weight is 334 g/mol. The summed E-state index contributed by atoms with van der Waals surface area (Å²) >= 11 is 0. The molecule has 1 aliphatic rings. The Morgan fingerprint density at radius 3 is 2.29 bits per heavy atom.